The van der Waals surface area contributed by atoms with Gasteiger partial charge >= 0.3 is 0 Å². The molecule has 0 saturated carbocycles. The lowest BCUT2D eigenvalue weighted by atomic mass is 10.1. The van der Waals surface area contributed by atoms with Crippen molar-refractivity contribution < 1.29 is 13.5 Å². The number of halogens is 3. The fourth-order valence-corrected chi connectivity index (χ4v) is 3.95. The van der Waals surface area contributed by atoms with Crippen molar-refractivity contribution in [3.05, 3.63) is 97.9 Å². The number of benzene rings is 1. The zero-order valence-corrected chi connectivity index (χ0v) is 21.3. The van der Waals surface area contributed by atoms with Crippen LogP contribution in [0.2, 0.25) is 5.02 Å². The van der Waals surface area contributed by atoms with Gasteiger partial charge in [0.05, 0.1) is 27.7 Å². The number of nitrogens with zero attached hydrogens (tertiary/aromatic N) is 4. The van der Waals surface area contributed by atoms with E-state index in [1.165, 1.54) is 16.8 Å². The summed E-state index contributed by atoms with van der Waals surface area (Å²) in [5.74, 6) is -0.251. The van der Waals surface area contributed by atoms with Gasteiger partial charge in [0.25, 0.3) is 5.56 Å². The highest BCUT2D eigenvalue weighted by molar-refractivity contribution is 6.32. The van der Waals surface area contributed by atoms with Gasteiger partial charge in [-0.05, 0) is 44.5 Å². The van der Waals surface area contributed by atoms with Crippen LogP contribution in [0, 0.1) is 32.4 Å². The molecule has 3 aromatic heterocycles. The Labute approximate surface area is 212 Å². The van der Waals surface area contributed by atoms with Crippen LogP contribution in [0.1, 0.15) is 48.0 Å². The van der Waals surface area contributed by atoms with Crippen LogP contribution in [-0.2, 0) is 6.61 Å². The fourth-order valence-electron chi connectivity index (χ4n) is 3.76. The molecular formula is C27H25ClF2N4O2. The Bertz CT molecular complexity index is 1520. The van der Waals surface area contributed by atoms with Crippen LogP contribution in [0.5, 0.6) is 5.75 Å². The van der Waals surface area contributed by atoms with Crippen LogP contribution in [0.15, 0.2) is 47.5 Å². The minimum absolute atomic E-state index is 0.138. The molecule has 0 bridgehead atoms. The third-order valence-corrected chi connectivity index (χ3v) is 6.10. The molecule has 0 radical (unpaired) electrons. The van der Waals surface area contributed by atoms with E-state index in [0.29, 0.717) is 44.9 Å². The Morgan fingerprint density at radius 3 is 2.50 bits per heavy atom. The van der Waals surface area contributed by atoms with Crippen molar-refractivity contribution in [2.75, 3.05) is 0 Å². The maximum Gasteiger partial charge on any atom is 0.261 e. The Kier molecular flexibility index (Phi) is 7.17. The first-order valence-electron chi connectivity index (χ1n) is 11.4. The van der Waals surface area contributed by atoms with E-state index in [1.807, 2.05) is 20.8 Å². The van der Waals surface area contributed by atoms with Crippen molar-refractivity contribution >= 4 is 11.6 Å². The van der Waals surface area contributed by atoms with E-state index in [9.17, 15) is 13.6 Å². The predicted molar refractivity (Wildman–Crippen MR) is 135 cm³/mol. The normalized spacial score (nSPS) is 11.2. The molecule has 3 heterocycles. The molecule has 1 aromatic carbocycles. The van der Waals surface area contributed by atoms with Gasteiger partial charge in [-0.15, -0.1) is 0 Å². The van der Waals surface area contributed by atoms with Crippen LogP contribution >= 0.6 is 11.6 Å². The van der Waals surface area contributed by atoms with Gasteiger partial charge in [-0.3, -0.25) is 14.3 Å². The number of hydrogen-bond donors (Lipinski definition) is 0. The van der Waals surface area contributed by atoms with Gasteiger partial charge in [0, 0.05) is 41.7 Å². The number of ether oxygens (including phenoxy) is 1. The molecule has 36 heavy (non-hydrogen) atoms. The second kappa shape index (κ2) is 10.1. The molecule has 0 unspecified atom stereocenters. The van der Waals surface area contributed by atoms with E-state index in [1.54, 1.807) is 32.2 Å². The molecule has 0 amide bonds. The fraction of sp³-hybridized carbons (Fsp3) is 0.259. The maximum absolute atomic E-state index is 14.0. The van der Waals surface area contributed by atoms with Crippen molar-refractivity contribution in [3.8, 4) is 22.8 Å². The third kappa shape index (κ3) is 4.99. The van der Waals surface area contributed by atoms with Crippen molar-refractivity contribution in [1.29, 1.82) is 0 Å². The quantitative estimate of drug-likeness (QED) is 0.307. The van der Waals surface area contributed by atoms with E-state index in [-0.39, 0.29) is 23.6 Å². The summed E-state index contributed by atoms with van der Waals surface area (Å²) in [6.07, 6.45) is 3.25. The summed E-state index contributed by atoms with van der Waals surface area (Å²) in [6, 6.07) is 6.67. The Morgan fingerprint density at radius 2 is 1.81 bits per heavy atom. The summed E-state index contributed by atoms with van der Waals surface area (Å²) in [4.78, 5) is 26.9. The van der Waals surface area contributed by atoms with Gasteiger partial charge in [-0.25, -0.2) is 18.7 Å². The third-order valence-electron chi connectivity index (χ3n) is 5.81. The number of rotatable bonds is 6. The Morgan fingerprint density at radius 1 is 1.06 bits per heavy atom. The van der Waals surface area contributed by atoms with Gasteiger partial charge in [-0.2, -0.15) is 0 Å². The van der Waals surface area contributed by atoms with E-state index in [4.69, 9.17) is 16.3 Å². The second-order valence-electron chi connectivity index (χ2n) is 8.88. The van der Waals surface area contributed by atoms with Gasteiger partial charge in [0.2, 0.25) is 0 Å². The van der Waals surface area contributed by atoms with Crippen molar-refractivity contribution in [2.24, 2.45) is 0 Å². The van der Waals surface area contributed by atoms with Crippen LogP contribution < -0.4 is 10.3 Å². The lowest BCUT2D eigenvalue weighted by Gasteiger charge is -2.17. The first-order valence-corrected chi connectivity index (χ1v) is 11.7. The molecule has 0 spiro atoms. The number of aromatic nitrogens is 4. The van der Waals surface area contributed by atoms with Crippen LogP contribution in [-0.4, -0.2) is 19.5 Å². The number of hydrogen-bond acceptors (Lipinski definition) is 5. The summed E-state index contributed by atoms with van der Waals surface area (Å²) in [6.45, 7) is 9.13. The largest absolute Gasteiger partial charge is 0.488 e. The zero-order valence-electron chi connectivity index (χ0n) is 20.6. The molecule has 4 rings (SSSR count). The molecule has 4 aromatic rings. The molecule has 9 heteroatoms. The second-order valence-corrected chi connectivity index (χ2v) is 9.28. The summed E-state index contributed by atoms with van der Waals surface area (Å²) in [5, 5.41) is 0.293. The van der Waals surface area contributed by atoms with Crippen molar-refractivity contribution in [1.82, 2.24) is 19.5 Å². The highest BCUT2D eigenvalue weighted by Crippen LogP contribution is 2.29. The highest BCUT2D eigenvalue weighted by atomic mass is 35.5. The number of aryl methyl sites for hydroxylation is 2. The summed E-state index contributed by atoms with van der Waals surface area (Å²) in [7, 11) is 0. The molecule has 0 aliphatic heterocycles. The van der Waals surface area contributed by atoms with E-state index in [2.05, 4.69) is 15.0 Å². The molecule has 186 valence electrons. The van der Waals surface area contributed by atoms with Gasteiger partial charge in [-0.1, -0.05) is 25.4 Å². The molecule has 0 aliphatic carbocycles. The monoisotopic (exact) mass is 510 g/mol. The lowest BCUT2D eigenvalue weighted by molar-refractivity contribution is 0.296. The predicted octanol–water partition coefficient (Wildman–Crippen LogP) is 6.25. The van der Waals surface area contributed by atoms with Gasteiger partial charge in [0.1, 0.15) is 29.8 Å². The molecule has 0 fully saturated rings. The molecule has 6 nitrogen and oxygen atoms in total. The summed E-state index contributed by atoms with van der Waals surface area (Å²) < 4.78 is 34.4. The van der Waals surface area contributed by atoms with E-state index >= 15 is 0 Å². The van der Waals surface area contributed by atoms with Crippen molar-refractivity contribution in [2.45, 2.75) is 47.1 Å². The Hall–Kier alpha value is -3.65. The Balaban J connectivity index is 1.74. The zero-order chi connectivity index (χ0) is 26.1. The SMILES string of the molecule is Cc1cnc(C(C)C)nc1-c1cc(-n2c(C)cc(OCc3ccc(F)cc3F)c(C)c2=O)c(Cl)cn1. The number of pyridine rings is 2. The average Bonchev–Trinajstić information content (AvgIpc) is 2.83. The van der Waals surface area contributed by atoms with E-state index < -0.39 is 11.6 Å². The summed E-state index contributed by atoms with van der Waals surface area (Å²) >= 11 is 6.49. The molecular weight excluding hydrogens is 486 g/mol. The van der Waals surface area contributed by atoms with Gasteiger partial charge < -0.3 is 4.74 Å². The first-order chi connectivity index (χ1) is 17.1. The molecule has 0 N–H and O–H groups in total. The highest BCUT2D eigenvalue weighted by Gasteiger charge is 2.18. The molecule has 0 aliphatic rings. The van der Waals surface area contributed by atoms with E-state index in [0.717, 1.165) is 17.7 Å². The minimum Gasteiger partial charge on any atom is -0.488 e. The maximum atomic E-state index is 14.0. The molecule has 0 atom stereocenters. The van der Waals surface area contributed by atoms with Crippen LogP contribution in [0.3, 0.4) is 0 Å². The van der Waals surface area contributed by atoms with Crippen LogP contribution in [0.4, 0.5) is 8.78 Å². The smallest absolute Gasteiger partial charge is 0.261 e. The average molecular weight is 511 g/mol. The van der Waals surface area contributed by atoms with Gasteiger partial charge in [0.15, 0.2) is 0 Å². The standard InChI is InChI=1S/C27H25ClF2N4O2/c1-14(2)26-32-11-15(3)25(33-26)22-10-23(20(28)12-31-22)34-16(4)8-24(17(5)27(34)35)36-13-18-6-7-19(29)9-21(18)30/h6-12,14H,13H2,1-5H3. The van der Waals surface area contributed by atoms with Crippen LogP contribution in [0.25, 0.3) is 17.1 Å². The van der Waals surface area contributed by atoms with Crippen molar-refractivity contribution in [3.63, 3.8) is 0 Å². The molecule has 0 saturated heterocycles. The lowest BCUT2D eigenvalue weighted by Crippen LogP contribution is -2.24. The topological polar surface area (TPSA) is 69.9 Å². The minimum atomic E-state index is -0.713. The summed E-state index contributed by atoms with van der Waals surface area (Å²) in [5.41, 5.74) is 3.23. The first kappa shape index (κ1) is 25.4.